The fourth-order valence-electron chi connectivity index (χ4n) is 7.45. The van der Waals surface area contributed by atoms with E-state index in [1.165, 1.54) is 0 Å². The highest BCUT2D eigenvalue weighted by Crippen LogP contribution is 2.46. The standard InChI is InChI=1S/C28H44F4N6O/c1-16-7-8-34-23(11-16)25(18-3-4-18)36-26(39)24-13-17(15-38-10-9-37(2)27(38)33)12-22(35-24)20-6-5-19(29)14-21(20)28(30,31)32/h9-10,16-25,33-35H,3-8,11-15H2,1-2H3,(H,36,39). The number of carbonyl (C=O) groups is 1. The molecule has 0 radical (unpaired) electrons. The highest BCUT2D eigenvalue weighted by atomic mass is 19.4. The molecule has 0 aromatic carbocycles. The number of hydrogen-bond acceptors (Lipinski definition) is 4. The number of aryl methyl sites for hydroxylation is 1. The Bertz CT molecular complexity index is 1050. The predicted molar refractivity (Wildman–Crippen MR) is 139 cm³/mol. The molecule has 1 aromatic rings. The summed E-state index contributed by atoms with van der Waals surface area (Å²) in [6.45, 7) is 3.63. The Morgan fingerprint density at radius 3 is 2.54 bits per heavy atom. The summed E-state index contributed by atoms with van der Waals surface area (Å²) in [4.78, 5) is 13.8. The molecular weight excluding hydrogens is 512 g/mol. The summed E-state index contributed by atoms with van der Waals surface area (Å²) in [7, 11) is 1.78. The van der Waals surface area contributed by atoms with Gasteiger partial charge in [0.05, 0.1) is 12.0 Å². The van der Waals surface area contributed by atoms with Gasteiger partial charge in [-0.2, -0.15) is 13.2 Å². The Hall–Kier alpha value is -1.88. The third-order valence-electron chi connectivity index (χ3n) is 9.77. The second-order valence-electron chi connectivity index (χ2n) is 12.8. The van der Waals surface area contributed by atoms with Gasteiger partial charge >= 0.3 is 6.18 Å². The van der Waals surface area contributed by atoms with Crippen LogP contribution in [0.2, 0.25) is 0 Å². The summed E-state index contributed by atoms with van der Waals surface area (Å²) >= 11 is 0. The van der Waals surface area contributed by atoms with E-state index in [0.29, 0.717) is 36.8 Å². The first kappa shape index (κ1) is 28.6. The third kappa shape index (κ3) is 6.72. The van der Waals surface area contributed by atoms with Crippen molar-refractivity contribution < 1.29 is 22.4 Å². The molecule has 7 nitrogen and oxygen atoms in total. The van der Waals surface area contributed by atoms with Gasteiger partial charge < -0.3 is 25.1 Å². The topological polar surface area (TPSA) is 86.9 Å². The van der Waals surface area contributed by atoms with Crippen LogP contribution < -0.4 is 21.6 Å². The summed E-state index contributed by atoms with van der Waals surface area (Å²) in [6.07, 6.45) is 2.67. The van der Waals surface area contributed by atoms with E-state index < -0.39 is 42.7 Å². The zero-order chi connectivity index (χ0) is 27.9. The van der Waals surface area contributed by atoms with E-state index >= 15 is 0 Å². The van der Waals surface area contributed by atoms with E-state index in [9.17, 15) is 22.4 Å². The minimum absolute atomic E-state index is 0.0223. The van der Waals surface area contributed by atoms with Gasteiger partial charge in [-0.15, -0.1) is 0 Å². The fourth-order valence-corrected chi connectivity index (χ4v) is 7.45. The van der Waals surface area contributed by atoms with Gasteiger partial charge in [0.2, 0.25) is 11.5 Å². The van der Waals surface area contributed by atoms with Crippen molar-refractivity contribution in [3.8, 4) is 0 Å². The predicted octanol–water partition coefficient (Wildman–Crippen LogP) is 3.64. The SMILES string of the molecule is CC1CCNC(C(NC(=O)C2CC(Cn3ccn(C)c3=N)CC(C3CCC(F)CC3C(F)(F)F)N2)C2CC2)C1. The maximum atomic E-state index is 14.1. The summed E-state index contributed by atoms with van der Waals surface area (Å²) in [5, 5.41) is 18.6. The van der Waals surface area contributed by atoms with Crippen LogP contribution in [-0.2, 0) is 18.4 Å². The summed E-state index contributed by atoms with van der Waals surface area (Å²) < 4.78 is 59.8. The normalized spacial score (nSPS) is 36.9. The largest absolute Gasteiger partial charge is 0.392 e. The van der Waals surface area contributed by atoms with Crippen molar-refractivity contribution in [2.24, 2.45) is 36.6 Å². The maximum Gasteiger partial charge on any atom is 0.392 e. The van der Waals surface area contributed by atoms with Crippen LogP contribution in [0.5, 0.6) is 0 Å². The van der Waals surface area contributed by atoms with Gasteiger partial charge in [-0.05, 0) is 88.0 Å². The van der Waals surface area contributed by atoms with E-state index in [2.05, 4.69) is 22.9 Å². The number of aromatic nitrogens is 2. The Balaban J connectivity index is 1.35. The lowest BCUT2D eigenvalue weighted by Gasteiger charge is -2.45. The number of nitrogens with zero attached hydrogens (tertiary/aromatic N) is 2. The van der Waals surface area contributed by atoms with Crippen LogP contribution in [0.3, 0.4) is 0 Å². The number of imidazole rings is 1. The molecule has 2 saturated carbocycles. The minimum atomic E-state index is -4.48. The lowest BCUT2D eigenvalue weighted by molar-refractivity contribution is -0.206. The molecule has 1 amide bonds. The van der Waals surface area contributed by atoms with Crippen molar-refractivity contribution in [1.29, 1.82) is 5.41 Å². The number of carbonyl (C=O) groups excluding carboxylic acids is 1. The first-order valence-electron chi connectivity index (χ1n) is 14.8. The summed E-state index contributed by atoms with van der Waals surface area (Å²) in [5.74, 6) is -1.69. The van der Waals surface area contributed by atoms with Gasteiger partial charge in [-0.1, -0.05) is 6.92 Å². The summed E-state index contributed by atoms with van der Waals surface area (Å²) in [5.41, 5.74) is 0.309. The zero-order valence-electron chi connectivity index (χ0n) is 23.0. The molecule has 3 heterocycles. The van der Waals surface area contributed by atoms with Crippen molar-refractivity contribution in [3.05, 3.63) is 18.0 Å². The van der Waals surface area contributed by atoms with Crippen molar-refractivity contribution in [2.45, 2.75) is 108 Å². The van der Waals surface area contributed by atoms with E-state index in [1.54, 1.807) is 28.6 Å². The monoisotopic (exact) mass is 556 g/mol. The molecule has 9 atom stereocenters. The van der Waals surface area contributed by atoms with Crippen LogP contribution >= 0.6 is 0 Å². The molecule has 0 bridgehead atoms. The number of amides is 1. The molecule has 220 valence electrons. The van der Waals surface area contributed by atoms with Gasteiger partial charge in [0.1, 0.15) is 6.17 Å². The summed E-state index contributed by atoms with van der Waals surface area (Å²) in [6, 6.07) is -0.925. The van der Waals surface area contributed by atoms with Gasteiger partial charge in [-0.25, -0.2) is 4.39 Å². The molecule has 4 fully saturated rings. The van der Waals surface area contributed by atoms with Crippen LogP contribution in [0.1, 0.15) is 64.7 Å². The van der Waals surface area contributed by atoms with Crippen molar-refractivity contribution in [3.63, 3.8) is 0 Å². The average Bonchev–Trinajstić information content (AvgIpc) is 3.68. The molecule has 4 aliphatic rings. The van der Waals surface area contributed by atoms with Crippen molar-refractivity contribution in [1.82, 2.24) is 25.1 Å². The Morgan fingerprint density at radius 1 is 1.13 bits per heavy atom. The van der Waals surface area contributed by atoms with Gasteiger partial charge in [0.25, 0.3) is 0 Å². The van der Waals surface area contributed by atoms with Crippen molar-refractivity contribution >= 4 is 5.91 Å². The number of hydrogen-bond donors (Lipinski definition) is 4. The average molecular weight is 557 g/mol. The molecule has 9 unspecified atom stereocenters. The van der Waals surface area contributed by atoms with Crippen LogP contribution in [0.15, 0.2) is 12.4 Å². The molecule has 39 heavy (non-hydrogen) atoms. The van der Waals surface area contributed by atoms with E-state index in [-0.39, 0.29) is 36.8 Å². The number of alkyl halides is 4. The highest BCUT2D eigenvalue weighted by Gasteiger charge is 2.52. The molecule has 0 spiro atoms. The maximum absolute atomic E-state index is 14.1. The molecule has 4 N–H and O–H groups in total. The number of piperidine rings is 2. The molecule has 5 rings (SSSR count). The first-order chi connectivity index (χ1) is 18.5. The van der Waals surface area contributed by atoms with E-state index in [4.69, 9.17) is 5.41 Å². The smallest absolute Gasteiger partial charge is 0.350 e. The van der Waals surface area contributed by atoms with Crippen LogP contribution in [0.25, 0.3) is 0 Å². The molecule has 2 saturated heterocycles. The second kappa shape index (κ2) is 11.5. The number of rotatable bonds is 7. The number of nitrogens with one attached hydrogen (secondary N) is 4. The number of halogens is 4. The molecule has 1 aromatic heterocycles. The van der Waals surface area contributed by atoms with E-state index in [0.717, 1.165) is 32.2 Å². The quantitative estimate of drug-likeness (QED) is 0.387. The molecule has 2 aliphatic carbocycles. The Morgan fingerprint density at radius 2 is 1.90 bits per heavy atom. The molecule has 11 heteroatoms. The first-order valence-corrected chi connectivity index (χ1v) is 14.8. The fraction of sp³-hybridized carbons (Fsp3) is 0.857. The highest BCUT2D eigenvalue weighted by molar-refractivity contribution is 5.82. The van der Waals surface area contributed by atoms with Gasteiger partial charge in [-0.3, -0.25) is 10.2 Å². The van der Waals surface area contributed by atoms with Crippen molar-refractivity contribution in [2.75, 3.05) is 6.54 Å². The second-order valence-corrected chi connectivity index (χ2v) is 12.8. The molecule has 2 aliphatic heterocycles. The lowest BCUT2D eigenvalue weighted by atomic mass is 9.70. The Kier molecular flexibility index (Phi) is 8.48. The third-order valence-corrected chi connectivity index (χ3v) is 9.77. The molecular formula is C28H44F4N6O. The lowest BCUT2D eigenvalue weighted by Crippen LogP contribution is -2.61. The van der Waals surface area contributed by atoms with Gasteiger partial charge in [0, 0.05) is 44.1 Å². The zero-order valence-corrected chi connectivity index (χ0v) is 23.0. The Labute approximate surface area is 228 Å². The van der Waals surface area contributed by atoms with E-state index in [1.807, 2.05) is 0 Å². The van der Waals surface area contributed by atoms with Crippen LogP contribution in [0.4, 0.5) is 17.6 Å². The van der Waals surface area contributed by atoms with Crippen LogP contribution in [-0.4, -0.2) is 58.1 Å². The van der Waals surface area contributed by atoms with Gasteiger partial charge in [0.15, 0.2) is 0 Å². The minimum Gasteiger partial charge on any atom is -0.350 e. The van der Waals surface area contributed by atoms with Crippen LogP contribution in [0, 0.1) is 35.0 Å².